The molecule has 1 aromatic carbocycles. The fourth-order valence-corrected chi connectivity index (χ4v) is 3.61. The third-order valence-corrected chi connectivity index (χ3v) is 5.47. The standard InChI is InChI=1S/C16H22Cl2N2O/c1-3-20(4-2)15(21)16(8-7-12(16)10-19)11-5-6-13(17)14(18)9-11/h5-6,9,12H,3-4,7-8,10,19H2,1-2H3/t12-,16+/m0/s1. The second-order valence-corrected chi connectivity index (χ2v) is 6.36. The van der Waals surface area contributed by atoms with Gasteiger partial charge in [-0.25, -0.2) is 0 Å². The number of nitrogens with two attached hydrogens (primary N) is 1. The Labute approximate surface area is 136 Å². The summed E-state index contributed by atoms with van der Waals surface area (Å²) in [5, 5.41) is 0.998. The van der Waals surface area contributed by atoms with Gasteiger partial charge in [0.25, 0.3) is 0 Å². The van der Waals surface area contributed by atoms with Crippen molar-refractivity contribution in [2.45, 2.75) is 32.1 Å². The van der Waals surface area contributed by atoms with E-state index in [1.54, 1.807) is 6.07 Å². The molecule has 0 heterocycles. The van der Waals surface area contributed by atoms with Gasteiger partial charge in [0.1, 0.15) is 0 Å². The van der Waals surface area contributed by atoms with E-state index in [2.05, 4.69) is 0 Å². The summed E-state index contributed by atoms with van der Waals surface area (Å²) in [5.74, 6) is 0.329. The molecular weight excluding hydrogens is 307 g/mol. The van der Waals surface area contributed by atoms with Gasteiger partial charge in [-0.05, 0) is 56.8 Å². The molecule has 1 aromatic rings. The van der Waals surface area contributed by atoms with E-state index in [9.17, 15) is 4.79 Å². The van der Waals surface area contributed by atoms with Crippen LogP contribution in [0.15, 0.2) is 18.2 Å². The maximum atomic E-state index is 13.1. The number of carbonyl (C=O) groups excluding carboxylic acids is 1. The Morgan fingerprint density at radius 1 is 1.33 bits per heavy atom. The van der Waals surface area contributed by atoms with Gasteiger partial charge in [0.15, 0.2) is 0 Å². The van der Waals surface area contributed by atoms with E-state index in [0.29, 0.717) is 29.7 Å². The largest absolute Gasteiger partial charge is 0.342 e. The van der Waals surface area contributed by atoms with E-state index in [1.807, 2.05) is 30.9 Å². The Balaban J connectivity index is 2.47. The number of hydrogen-bond donors (Lipinski definition) is 1. The van der Waals surface area contributed by atoms with Crippen molar-refractivity contribution in [1.82, 2.24) is 4.90 Å². The molecule has 3 nitrogen and oxygen atoms in total. The monoisotopic (exact) mass is 328 g/mol. The van der Waals surface area contributed by atoms with Gasteiger partial charge >= 0.3 is 0 Å². The van der Waals surface area contributed by atoms with E-state index < -0.39 is 5.41 Å². The topological polar surface area (TPSA) is 46.3 Å². The summed E-state index contributed by atoms with van der Waals surface area (Å²) >= 11 is 12.2. The summed E-state index contributed by atoms with van der Waals surface area (Å²) in [5.41, 5.74) is 6.31. The molecule has 21 heavy (non-hydrogen) atoms. The molecule has 5 heteroatoms. The number of halogens is 2. The van der Waals surface area contributed by atoms with Crippen LogP contribution in [0.4, 0.5) is 0 Å². The lowest BCUT2D eigenvalue weighted by Crippen LogP contribution is -2.58. The van der Waals surface area contributed by atoms with Crippen molar-refractivity contribution in [3.8, 4) is 0 Å². The Bertz CT molecular complexity index is 529. The summed E-state index contributed by atoms with van der Waals surface area (Å²) in [6.45, 7) is 5.92. The second-order valence-electron chi connectivity index (χ2n) is 5.55. The van der Waals surface area contributed by atoms with Gasteiger partial charge in [-0.1, -0.05) is 29.3 Å². The molecule has 0 radical (unpaired) electrons. The number of benzene rings is 1. The first-order valence-corrected chi connectivity index (χ1v) is 8.21. The highest BCUT2D eigenvalue weighted by molar-refractivity contribution is 6.42. The molecule has 0 saturated heterocycles. The first-order chi connectivity index (χ1) is 10.0. The molecule has 1 aliphatic carbocycles. The van der Waals surface area contributed by atoms with Crippen molar-refractivity contribution < 1.29 is 4.79 Å². The molecule has 0 aliphatic heterocycles. The van der Waals surface area contributed by atoms with Crippen molar-refractivity contribution in [2.75, 3.05) is 19.6 Å². The minimum absolute atomic E-state index is 0.160. The molecule has 1 amide bonds. The Morgan fingerprint density at radius 2 is 2.00 bits per heavy atom. The number of nitrogens with zero attached hydrogens (tertiary/aromatic N) is 1. The smallest absolute Gasteiger partial charge is 0.233 e. The lowest BCUT2D eigenvalue weighted by Gasteiger charge is -2.50. The minimum atomic E-state index is -0.533. The lowest BCUT2D eigenvalue weighted by molar-refractivity contribution is -0.144. The third kappa shape index (κ3) is 2.67. The van der Waals surface area contributed by atoms with E-state index in [0.717, 1.165) is 18.4 Å². The van der Waals surface area contributed by atoms with Gasteiger partial charge in [-0.15, -0.1) is 0 Å². The first-order valence-electron chi connectivity index (χ1n) is 7.46. The molecule has 0 spiro atoms. The van der Waals surface area contributed by atoms with Crippen molar-refractivity contribution in [3.63, 3.8) is 0 Å². The minimum Gasteiger partial charge on any atom is -0.342 e. The second kappa shape index (κ2) is 6.55. The van der Waals surface area contributed by atoms with Crippen LogP contribution in [-0.4, -0.2) is 30.4 Å². The number of carbonyl (C=O) groups is 1. The molecule has 1 fully saturated rings. The molecule has 0 unspecified atom stereocenters. The van der Waals surface area contributed by atoms with Gasteiger partial charge in [0, 0.05) is 13.1 Å². The van der Waals surface area contributed by atoms with Crippen LogP contribution in [0.5, 0.6) is 0 Å². The zero-order valence-electron chi connectivity index (χ0n) is 12.5. The van der Waals surface area contributed by atoms with E-state index in [4.69, 9.17) is 28.9 Å². The quantitative estimate of drug-likeness (QED) is 0.899. The zero-order chi connectivity index (χ0) is 15.6. The first kappa shape index (κ1) is 16.6. The van der Waals surface area contributed by atoms with Crippen LogP contribution in [0.2, 0.25) is 10.0 Å². The van der Waals surface area contributed by atoms with Gasteiger partial charge < -0.3 is 10.6 Å². The summed E-state index contributed by atoms with van der Waals surface area (Å²) < 4.78 is 0. The summed E-state index contributed by atoms with van der Waals surface area (Å²) in [4.78, 5) is 14.9. The summed E-state index contributed by atoms with van der Waals surface area (Å²) in [6.07, 6.45) is 1.80. The van der Waals surface area contributed by atoms with Crippen LogP contribution < -0.4 is 5.73 Å². The molecule has 2 N–H and O–H groups in total. The highest BCUT2D eigenvalue weighted by atomic mass is 35.5. The highest BCUT2D eigenvalue weighted by Crippen LogP contribution is 2.50. The molecule has 116 valence electrons. The van der Waals surface area contributed by atoms with E-state index >= 15 is 0 Å². The van der Waals surface area contributed by atoms with Crippen LogP contribution in [0.25, 0.3) is 0 Å². The molecule has 2 rings (SSSR count). The normalized spacial score (nSPS) is 24.5. The number of amides is 1. The lowest BCUT2D eigenvalue weighted by atomic mass is 9.56. The average Bonchev–Trinajstić information content (AvgIpc) is 2.44. The van der Waals surface area contributed by atoms with Crippen LogP contribution in [0.1, 0.15) is 32.3 Å². The van der Waals surface area contributed by atoms with Crippen molar-refractivity contribution >= 4 is 29.1 Å². The van der Waals surface area contributed by atoms with E-state index in [1.165, 1.54) is 0 Å². The fraction of sp³-hybridized carbons (Fsp3) is 0.562. The SMILES string of the molecule is CCN(CC)C(=O)[C@@]1(c2ccc(Cl)c(Cl)c2)CC[C@H]1CN. The zero-order valence-corrected chi connectivity index (χ0v) is 14.0. The van der Waals surface area contributed by atoms with Gasteiger partial charge in [0.05, 0.1) is 15.5 Å². The number of hydrogen-bond acceptors (Lipinski definition) is 2. The van der Waals surface area contributed by atoms with Crippen molar-refractivity contribution in [1.29, 1.82) is 0 Å². The Hall–Kier alpha value is -0.770. The van der Waals surface area contributed by atoms with Crippen LogP contribution in [0, 0.1) is 5.92 Å². The highest BCUT2D eigenvalue weighted by Gasteiger charge is 2.54. The third-order valence-electron chi connectivity index (χ3n) is 4.74. The molecule has 1 saturated carbocycles. The maximum Gasteiger partial charge on any atom is 0.233 e. The van der Waals surface area contributed by atoms with Gasteiger partial charge in [-0.3, -0.25) is 4.79 Å². The van der Waals surface area contributed by atoms with Crippen LogP contribution in [0.3, 0.4) is 0 Å². The van der Waals surface area contributed by atoms with Crippen LogP contribution >= 0.6 is 23.2 Å². The molecule has 0 aromatic heterocycles. The predicted octanol–water partition coefficient (Wildman–Crippen LogP) is 3.47. The number of rotatable bonds is 5. The predicted molar refractivity (Wildman–Crippen MR) is 87.8 cm³/mol. The fourth-order valence-electron chi connectivity index (χ4n) is 3.31. The molecule has 2 atom stereocenters. The van der Waals surface area contributed by atoms with Crippen LogP contribution in [-0.2, 0) is 10.2 Å². The summed E-state index contributed by atoms with van der Waals surface area (Å²) in [7, 11) is 0. The Morgan fingerprint density at radius 3 is 2.43 bits per heavy atom. The summed E-state index contributed by atoms with van der Waals surface area (Å²) in [6, 6.07) is 5.51. The molecular formula is C16H22Cl2N2O. The molecule has 0 bridgehead atoms. The number of likely N-dealkylation sites (N-methyl/N-ethyl adjacent to an activating group) is 1. The Kier molecular flexibility index (Phi) is 5.18. The van der Waals surface area contributed by atoms with E-state index in [-0.39, 0.29) is 11.8 Å². The maximum absolute atomic E-state index is 13.1. The average molecular weight is 329 g/mol. The molecule has 1 aliphatic rings. The van der Waals surface area contributed by atoms with Crippen molar-refractivity contribution in [2.24, 2.45) is 11.7 Å². The van der Waals surface area contributed by atoms with Crippen molar-refractivity contribution in [3.05, 3.63) is 33.8 Å². The van der Waals surface area contributed by atoms with Gasteiger partial charge in [-0.2, -0.15) is 0 Å². The van der Waals surface area contributed by atoms with Gasteiger partial charge in [0.2, 0.25) is 5.91 Å².